The lowest BCUT2D eigenvalue weighted by Gasteiger charge is -2.17. The number of rotatable bonds is 3. The van der Waals surface area contributed by atoms with Crippen LogP contribution in [0.5, 0.6) is 5.75 Å². The SMILES string of the molecule is C[C@@H](C(=O)Oc1ccccc1)N(C)C. The quantitative estimate of drug-likeness (QED) is 0.538. The van der Waals surface area contributed by atoms with Crippen molar-refractivity contribution in [3.63, 3.8) is 0 Å². The smallest absolute Gasteiger partial charge is 0.328 e. The first kappa shape index (κ1) is 10.7. The summed E-state index contributed by atoms with van der Waals surface area (Å²) in [5.41, 5.74) is 0. The van der Waals surface area contributed by atoms with Gasteiger partial charge in [0.25, 0.3) is 0 Å². The molecular formula is C11H15NO2. The highest BCUT2D eigenvalue weighted by atomic mass is 16.5. The highest BCUT2D eigenvalue weighted by Crippen LogP contribution is 2.09. The zero-order valence-corrected chi connectivity index (χ0v) is 8.73. The second-order valence-electron chi connectivity index (χ2n) is 3.37. The molecule has 3 nitrogen and oxygen atoms in total. The minimum atomic E-state index is -0.235. The summed E-state index contributed by atoms with van der Waals surface area (Å²) in [6.07, 6.45) is 0. The molecule has 0 saturated heterocycles. The Kier molecular flexibility index (Phi) is 3.65. The summed E-state index contributed by atoms with van der Waals surface area (Å²) in [4.78, 5) is 13.3. The van der Waals surface area contributed by atoms with Gasteiger partial charge in [-0.2, -0.15) is 0 Å². The predicted octanol–water partition coefficient (Wildman–Crippen LogP) is 1.54. The third-order valence-electron chi connectivity index (χ3n) is 2.08. The second kappa shape index (κ2) is 4.77. The fraction of sp³-hybridized carbons (Fsp3) is 0.364. The Labute approximate surface area is 84.3 Å². The highest BCUT2D eigenvalue weighted by Gasteiger charge is 2.16. The van der Waals surface area contributed by atoms with Gasteiger partial charge >= 0.3 is 5.97 Å². The van der Waals surface area contributed by atoms with E-state index in [9.17, 15) is 4.79 Å². The van der Waals surface area contributed by atoms with Crippen LogP contribution in [0.15, 0.2) is 30.3 Å². The fourth-order valence-electron chi connectivity index (χ4n) is 0.901. The van der Waals surface area contributed by atoms with Gasteiger partial charge in [-0.3, -0.25) is 4.90 Å². The summed E-state index contributed by atoms with van der Waals surface area (Å²) in [5, 5.41) is 0. The number of likely N-dealkylation sites (N-methyl/N-ethyl adjacent to an activating group) is 1. The summed E-state index contributed by atoms with van der Waals surface area (Å²) in [5.74, 6) is 0.354. The van der Waals surface area contributed by atoms with E-state index in [1.54, 1.807) is 12.1 Å². The number of hydrogen-bond acceptors (Lipinski definition) is 3. The molecule has 0 heterocycles. The van der Waals surface area contributed by atoms with E-state index in [1.165, 1.54) is 0 Å². The zero-order valence-electron chi connectivity index (χ0n) is 8.73. The topological polar surface area (TPSA) is 29.5 Å². The number of carbonyl (C=O) groups excluding carboxylic acids is 1. The highest BCUT2D eigenvalue weighted by molar-refractivity contribution is 5.77. The van der Waals surface area contributed by atoms with Crippen molar-refractivity contribution in [3.05, 3.63) is 30.3 Å². The molecule has 1 atom stereocenters. The lowest BCUT2D eigenvalue weighted by Crippen LogP contribution is -2.35. The third kappa shape index (κ3) is 2.85. The molecule has 0 fully saturated rings. The van der Waals surface area contributed by atoms with Gasteiger partial charge in [0.2, 0.25) is 0 Å². The summed E-state index contributed by atoms with van der Waals surface area (Å²) in [6, 6.07) is 8.86. The zero-order chi connectivity index (χ0) is 10.6. The normalized spacial score (nSPS) is 12.6. The van der Waals surface area contributed by atoms with Gasteiger partial charge < -0.3 is 4.74 Å². The van der Waals surface area contributed by atoms with Crippen molar-refractivity contribution in [3.8, 4) is 5.75 Å². The Balaban J connectivity index is 2.58. The molecule has 1 aromatic carbocycles. The van der Waals surface area contributed by atoms with Crippen molar-refractivity contribution in [2.75, 3.05) is 14.1 Å². The van der Waals surface area contributed by atoms with Crippen LogP contribution in [0.25, 0.3) is 0 Å². The first-order chi connectivity index (χ1) is 6.61. The van der Waals surface area contributed by atoms with Crippen molar-refractivity contribution in [1.82, 2.24) is 4.90 Å². The lowest BCUT2D eigenvalue weighted by atomic mass is 10.3. The molecule has 0 N–H and O–H groups in total. The van der Waals surface area contributed by atoms with Crippen LogP contribution < -0.4 is 4.74 Å². The minimum absolute atomic E-state index is 0.227. The van der Waals surface area contributed by atoms with Gasteiger partial charge in [-0.25, -0.2) is 4.79 Å². The molecule has 14 heavy (non-hydrogen) atoms. The van der Waals surface area contributed by atoms with Crippen molar-refractivity contribution < 1.29 is 9.53 Å². The summed E-state index contributed by atoms with van der Waals surface area (Å²) >= 11 is 0. The Bertz CT molecular complexity index is 295. The van der Waals surface area contributed by atoms with Crippen LogP contribution in [0, 0.1) is 0 Å². The Morgan fingerprint density at radius 3 is 2.36 bits per heavy atom. The van der Waals surface area contributed by atoms with Crippen LogP contribution in [0.3, 0.4) is 0 Å². The number of carbonyl (C=O) groups is 1. The van der Waals surface area contributed by atoms with Gasteiger partial charge in [-0.05, 0) is 33.2 Å². The molecule has 0 unspecified atom stereocenters. The molecule has 0 saturated carbocycles. The van der Waals surface area contributed by atoms with Crippen LogP contribution in [0.2, 0.25) is 0 Å². The average molecular weight is 193 g/mol. The van der Waals surface area contributed by atoms with Crippen molar-refractivity contribution >= 4 is 5.97 Å². The van der Waals surface area contributed by atoms with Crippen molar-refractivity contribution in [2.24, 2.45) is 0 Å². The molecule has 0 aliphatic carbocycles. The van der Waals surface area contributed by atoms with Crippen LogP contribution >= 0.6 is 0 Å². The average Bonchev–Trinajstić information content (AvgIpc) is 2.18. The molecule has 3 heteroatoms. The molecule has 1 rings (SSSR count). The van der Waals surface area contributed by atoms with Gasteiger partial charge in [0, 0.05) is 0 Å². The van der Waals surface area contributed by atoms with E-state index in [4.69, 9.17) is 4.74 Å². The van der Waals surface area contributed by atoms with E-state index in [0.29, 0.717) is 5.75 Å². The maximum atomic E-state index is 11.5. The molecule has 76 valence electrons. The molecule has 0 aromatic heterocycles. The van der Waals surface area contributed by atoms with Crippen LogP contribution in [0.4, 0.5) is 0 Å². The fourth-order valence-corrected chi connectivity index (χ4v) is 0.901. The number of benzene rings is 1. The maximum Gasteiger partial charge on any atom is 0.328 e. The molecule has 0 aliphatic heterocycles. The number of hydrogen-bond donors (Lipinski definition) is 0. The first-order valence-electron chi connectivity index (χ1n) is 4.54. The van der Waals surface area contributed by atoms with Gasteiger partial charge in [0.15, 0.2) is 0 Å². The van der Waals surface area contributed by atoms with E-state index < -0.39 is 0 Å². The second-order valence-corrected chi connectivity index (χ2v) is 3.37. The van der Waals surface area contributed by atoms with E-state index in [-0.39, 0.29) is 12.0 Å². The van der Waals surface area contributed by atoms with Gasteiger partial charge in [-0.1, -0.05) is 18.2 Å². The number of ether oxygens (including phenoxy) is 1. The van der Waals surface area contributed by atoms with E-state index in [0.717, 1.165) is 0 Å². The van der Waals surface area contributed by atoms with E-state index >= 15 is 0 Å². The van der Waals surface area contributed by atoms with Crippen LogP contribution in [-0.4, -0.2) is 31.0 Å². The minimum Gasteiger partial charge on any atom is -0.425 e. The summed E-state index contributed by atoms with van der Waals surface area (Å²) in [6.45, 7) is 1.81. The molecule has 0 bridgehead atoms. The molecule has 0 amide bonds. The van der Waals surface area contributed by atoms with E-state index in [2.05, 4.69) is 0 Å². The van der Waals surface area contributed by atoms with Gasteiger partial charge in [0.05, 0.1) is 0 Å². The number of esters is 1. The van der Waals surface area contributed by atoms with Crippen LogP contribution in [-0.2, 0) is 4.79 Å². The molecule has 0 spiro atoms. The Morgan fingerprint density at radius 2 is 1.86 bits per heavy atom. The summed E-state index contributed by atoms with van der Waals surface area (Å²) in [7, 11) is 3.69. The molecule has 0 aliphatic rings. The third-order valence-corrected chi connectivity index (χ3v) is 2.08. The predicted molar refractivity (Wildman–Crippen MR) is 55.2 cm³/mol. The van der Waals surface area contributed by atoms with Crippen molar-refractivity contribution in [2.45, 2.75) is 13.0 Å². The first-order valence-corrected chi connectivity index (χ1v) is 4.54. The maximum absolute atomic E-state index is 11.5. The van der Waals surface area contributed by atoms with Crippen molar-refractivity contribution in [1.29, 1.82) is 0 Å². The van der Waals surface area contributed by atoms with Gasteiger partial charge in [-0.15, -0.1) is 0 Å². The Hall–Kier alpha value is -1.35. The summed E-state index contributed by atoms with van der Waals surface area (Å²) < 4.78 is 5.16. The largest absolute Gasteiger partial charge is 0.425 e. The number of nitrogens with zero attached hydrogens (tertiary/aromatic N) is 1. The Morgan fingerprint density at radius 1 is 1.29 bits per heavy atom. The van der Waals surface area contributed by atoms with Gasteiger partial charge in [0.1, 0.15) is 11.8 Å². The molecule has 1 aromatic rings. The lowest BCUT2D eigenvalue weighted by molar-refractivity contribution is -0.138. The molecular weight excluding hydrogens is 178 g/mol. The van der Waals surface area contributed by atoms with Crippen LogP contribution in [0.1, 0.15) is 6.92 Å². The number of para-hydroxylation sites is 1. The molecule has 0 radical (unpaired) electrons. The van der Waals surface area contributed by atoms with E-state index in [1.807, 2.05) is 44.1 Å². The standard InChI is InChI=1S/C11H15NO2/c1-9(12(2)3)11(13)14-10-7-5-4-6-8-10/h4-9H,1-3H3/t9-/m0/s1. The monoisotopic (exact) mass is 193 g/mol.